The smallest absolute Gasteiger partial charge is 0.259 e. The Morgan fingerprint density at radius 3 is 2.57 bits per heavy atom. The lowest BCUT2D eigenvalue weighted by molar-refractivity contribution is -0.124. The fourth-order valence-corrected chi connectivity index (χ4v) is 2.60. The monoisotopic (exact) mass is 288 g/mol. The quantitative estimate of drug-likeness (QED) is 0.903. The summed E-state index contributed by atoms with van der Waals surface area (Å²) in [4.78, 5) is 12.0. The van der Waals surface area contributed by atoms with Crippen LogP contribution in [-0.4, -0.2) is 25.2 Å². The first-order valence-corrected chi connectivity index (χ1v) is 7.17. The van der Waals surface area contributed by atoms with Crippen molar-refractivity contribution in [1.29, 1.82) is 5.26 Å². The number of carbonyl (C=O) groups is 1. The highest BCUT2D eigenvalue weighted by Crippen LogP contribution is 2.28. The lowest BCUT2D eigenvalue weighted by atomic mass is 9.83. The summed E-state index contributed by atoms with van der Waals surface area (Å²) in [6.45, 7) is -0.121. The van der Waals surface area contributed by atoms with Crippen LogP contribution in [0.15, 0.2) is 24.3 Å². The SMILES string of the molecule is COc1ccccc1OCC(=O)NC1(C#N)CCCCC1. The van der Waals surface area contributed by atoms with E-state index >= 15 is 0 Å². The van der Waals surface area contributed by atoms with Crippen molar-refractivity contribution < 1.29 is 14.3 Å². The summed E-state index contributed by atoms with van der Waals surface area (Å²) >= 11 is 0. The molecule has 5 heteroatoms. The van der Waals surface area contributed by atoms with Crippen molar-refractivity contribution in [3.63, 3.8) is 0 Å². The van der Waals surface area contributed by atoms with Crippen molar-refractivity contribution in [2.24, 2.45) is 0 Å². The van der Waals surface area contributed by atoms with E-state index in [-0.39, 0.29) is 12.5 Å². The Bertz CT molecular complexity index is 531. The number of amides is 1. The molecule has 0 saturated heterocycles. The van der Waals surface area contributed by atoms with Crippen molar-refractivity contribution in [3.8, 4) is 17.6 Å². The summed E-state index contributed by atoms with van der Waals surface area (Å²) in [6, 6.07) is 9.41. The second-order valence-electron chi connectivity index (χ2n) is 5.24. The van der Waals surface area contributed by atoms with E-state index in [1.807, 2.05) is 12.1 Å². The van der Waals surface area contributed by atoms with Crippen LogP contribution in [0.25, 0.3) is 0 Å². The van der Waals surface area contributed by atoms with Crippen molar-refractivity contribution in [2.75, 3.05) is 13.7 Å². The molecule has 1 saturated carbocycles. The van der Waals surface area contributed by atoms with Crippen LogP contribution in [0.1, 0.15) is 32.1 Å². The maximum atomic E-state index is 12.0. The van der Waals surface area contributed by atoms with Gasteiger partial charge in [-0.15, -0.1) is 0 Å². The van der Waals surface area contributed by atoms with Gasteiger partial charge in [-0.25, -0.2) is 0 Å². The van der Waals surface area contributed by atoms with Gasteiger partial charge in [0.05, 0.1) is 13.2 Å². The molecule has 112 valence electrons. The van der Waals surface area contributed by atoms with E-state index in [0.29, 0.717) is 24.3 Å². The second-order valence-corrected chi connectivity index (χ2v) is 5.24. The first kappa shape index (κ1) is 15.2. The molecule has 1 amide bonds. The highest BCUT2D eigenvalue weighted by molar-refractivity contribution is 5.79. The van der Waals surface area contributed by atoms with Gasteiger partial charge in [-0.1, -0.05) is 31.4 Å². The Balaban J connectivity index is 1.91. The number of benzene rings is 1. The van der Waals surface area contributed by atoms with E-state index in [1.165, 1.54) is 0 Å². The van der Waals surface area contributed by atoms with E-state index in [1.54, 1.807) is 19.2 Å². The molecule has 21 heavy (non-hydrogen) atoms. The maximum absolute atomic E-state index is 12.0. The first-order valence-electron chi connectivity index (χ1n) is 7.17. The molecule has 1 N–H and O–H groups in total. The lowest BCUT2D eigenvalue weighted by Crippen LogP contribution is -2.50. The molecule has 0 aliphatic heterocycles. The number of nitrogens with zero attached hydrogens (tertiary/aromatic N) is 1. The maximum Gasteiger partial charge on any atom is 0.259 e. The fraction of sp³-hybridized carbons (Fsp3) is 0.500. The Labute approximate surface area is 124 Å². The number of nitrogens with one attached hydrogen (secondary N) is 1. The minimum Gasteiger partial charge on any atom is -0.493 e. The molecule has 1 aliphatic rings. The van der Waals surface area contributed by atoms with Gasteiger partial charge in [-0.05, 0) is 25.0 Å². The van der Waals surface area contributed by atoms with E-state index in [2.05, 4.69) is 11.4 Å². The Morgan fingerprint density at radius 2 is 1.95 bits per heavy atom. The second kappa shape index (κ2) is 6.98. The molecule has 0 atom stereocenters. The third-order valence-electron chi connectivity index (χ3n) is 3.73. The highest BCUT2D eigenvalue weighted by atomic mass is 16.5. The summed E-state index contributed by atoms with van der Waals surface area (Å²) < 4.78 is 10.6. The number of para-hydroxylation sites is 2. The van der Waals surface area contributed by atoms with Gasteiger partial charge in [-0.2, -0.15) is 5.26 Å². The predicted octanol–water partition coefficient (Wildman–Crippen LogP) is 2.42. The molecular formula is C16H20N2O3. The molecule has 5 nitrogen and oxygen atoms in total. The molecular weight excluding hydrogens is 268 g/mol. The highest BCUT2D eigenvalue weighted by Gasteiger charge is 2.33. The van der Waals surface area contributed by atoms with Gasteiger partial charge in [0.2, 0.25) is 0 Å². The van der Waals surface area contributed by atoms with Crippen molar-refractivity contribution in [3.05, 3.63) is 24.3 Å². The minimum atomic E-state index is -0.723. The van der Waals surface area contributed by atoms with Gasteiger partial charge in [0.25, 0.3) is 5.91 Å². The molecule has 0 bridgehead atoms. The van der Waals surface area contributed by atoms with Gasteiger partial charge in [0, 0.05) is 0 Å². The number of hydrogen-bond donors (Lipinski definition) is 1. The van der Waals surface area contributed by atoms with Gasteiger partial charge >= 0.3 is 0 Å². The van der Waals surface area contributed by atoms with Crippen molar-refractivity contribution in [1.82, 2.24) is 5.32 Å². The molecule has 2 rings (SSSR count). The van der Waals surface area contributed by atoms with Gasteiger partial charge in [0.1, 0.15) is 5.54 Å². The third kappa shape index (κ3) is 3.88. The standard InChI is InChI=1S/C16H20N2O3/c1-20-13-7-3-4-8-14(13)21-11-15(19)18-16(12-17)9-5-2-6-10-16/h3-4,7-8H,2,5-6,9-11H2,1H3,(H,18,19). The van der Waals surface area contributed by atoms with Gasteiger partial charge < -0.3 is 14.8 Å². The summed E-state index contributed by atoms with van der Waals surface area (Å²) in [6.07, 6.45) is 4.49. The Morgan fingerprint density at radius 1 is 1.29 bits per heavy atom. The summed E-state index contributed by atoms with van der Waals surface area (Å²) in [5.41, 5.74) is -0.723. The molecule has 1 aliphatic carbocycles. The van der Waals surface area contributed by atoms with E-state index in [0.717, 1.165) is 19.3 Å². The number of carbonyl (C=O) groups excluding carboxylic acids is 1. The van der Waals surface area contributed by atoms with Gasteiger partial charge in [-0.3, -0.25) is 4.79 Å². The van der Waals surface area contributed by atoms with Crippen LogP contribution in [0.5, 0.6) is 11.5 Å². The number of methoxy groups -OCH3 is 1. The van der Waals surface area contributed by atoms with Crippen LogP contribution >= 0.6 is 0 Å². The Hall–Kier alpha value is -2.22. The zero-order chi connectivity index (χ0) is 15.1. The topological polar surface area (TPSA) is 71.3 Å². The van der Waals surface area contributed by atoms with Crippen molar-refractivity contribution in [2.45, 2.75) is 37.6 Å². The summed E-state index contributed by atoms with van der Waals surface area (Å²) in [5.74, 6) is 0.826. The average Bonchev–Trinajstić information content (AvgIpc) is 2.54. The van der Waals surface area contributed by atoms with Crippen molar-refractivity contribution >= 4 is 5.91 Å². The third-order valence-corrected chi connectivity index (χ3v) is 3.73. The molecule has 0 heterocycles. The fourth-order valence-electron chi connectivity index (χ4n) is 2.60. The van der Waals surface area contributed by atoms with E-state index in [4.69, 9.17) is 9.47 Å². The normalized spacial score (nSPS) is 16.6. The zero-order valence-electron chi connectivity index (χ0n) is 12.2. The van der Waals surface area contributed by atoms with Crippen LogP contribution in [0, 0.1) is 11.3 Å². The van der Waals surface area contributed by atoms with Crippen LogP contribution in [0.3, 0.4) is 0 Å². The number of rotatable bonds is 5. The predicted molar refractivity (Wildman–Crippen MR) is 78.1 cm³/mol. The lowest BCUT2D eigenvalue weighted by Gasteiger charge is -2.31. The van der Waals surface area contributed by atoms with Crippen LogP contribution in [0.2, 0.25) is 0 Å². The zero-order valence-corrected chi connectivity index (χ0v) is 12.2. The number of ether oxygens (including phenoxy) is 2. The first-order chi connectivity index (χ1) is 10.2. The van der Waals surface area contributed by atoms with Crippen LogP contribution in [0.4, 0.5) is 0 Å². The summed E-state index contributed by atoms with van der Waals surface area (Å²) in [7, 11) is 1.55. The molecule has 0 spiro atoms. The minimum absolute atomic E-state index is 0.121. The molecule has 1 aromatic carbocycles. The van der Waals surface area contributed by atoms with Gasteiger partial charge in [0.15, 0.2) is 18.1 Å². The van der Waals surface area contributed by atoms with Crippen LogP contribution < -0.4 is 14.8 Å². The number of hydrogen-bond acceptors (Lipinski definition) is 4. The average molecular weight is 288 g/mol. The molecule has 0 aromatic heterocycles. The number of nitriles is 1. The molecule has 1 aromatic rings. The summed E-state index contributed by atoms with van der Waals surface area (Å²) in [5, 5.41) is 12.2. The van der Waals surface area contributed by atoms with E-state index in [9.17, 15) is 10.1 Å². The molecule has 1 fully saturated rings. The molecule has 0 radical (unpaired) electrons. The Kier molecular flexibility index (Phi) is 5.04. The van der Waals surface area contributed by atoms with E-state index < -0.39 is 5.54 Å². The largest absolute Gasteiger partial charge is 0.493 e. The molecule has 0 unspecified atom stereocenters. The van der Waals surface area contributed by atoms with Crippen LogP contribution in [-0.2, 0) is 4.79 Å².